The molecule has 0 spiro atoms. The molecule has 1 heterocycles. The van der Waals surface area contributed by atoms with Gasteiger partial charge in [-0.1, -0.05) is 52.1 Å². The number of ether oxygens (including phenoxy) is 2. The van der Waals surface area contributed by atoms with Gasteiger partial charge in [0.1, 0.15) is 17.9 Å². The Labute approximate surface area is 224 Å². The van der Waals surface area contributed by atoms with Crippen LogP contribution in [0.2, 0.25) is 25.7 Å². The monoisotopic (exact) mass is 553 g/mol. The molecular weight excluding hydrogens is 505 g/mol. The molecule has 0 fully saturated rings. The van der Waals surface area contributed by atoms with Gasteiger partial charge in [-0.25, -0.2) is 4.79 Å². The maximum absolute atomic E-state index is 12.7. The lowest BCUT2D eigenvalue weighted by Crippen LogP contribution is -2.23. The molecule has 0 bridgehead atoms. The average Bonchev–Trinajstić information content (AvgIpc) is 3.20. The Balaban J connectivity index is 2.22. The third-order valence-corrected chi connectivity index (χ3v) is 10.2. The maximum Gasteiger partial charge on any atom is 0.342 e. The fourth-order valence-electron chi connectivity index (χ4n) is 4.41. The Morgan fingerprint density at radius 2 is 1.95 bits per heavy atom. The van der Waals surface area contributed by atoms with Gasteiger partial charge < -0.3 is 24.2 Å². The second-order valence-corrected chi connectivity index (χ2v) is 18.7. The summed E-state index contributed by atoms with van der Waals surface area (Å²) in [5.41, 5.74) is 6.18. The molecule has 9 heteroatoms. The predicted octanol–water partition coefficient (Wildman–Crippen LogP) is 6.41. The molecule has 2 unspecified atom stereocenters. The van der Waals surface area contributed by atoms with Crippen LogP contribution in [0.3, 0.4) is 0 Å². The molecule has 210 valence electrons. The van der Waals surface area contributed by atoms with E-state index in [4.69, 9.17) is 14.0 Å². The normalized spacial score (nSPS) is 16.4. The van der Waals surface area contributed by atoms with Gasteiger partial charge in [0.05, 0.1) is 18.9 Å². The number of allylic oxidation sites excluding steroid dienone is 1. The summed E-state index contributed by atoms with van der Waals surface area (Å²) in [7, 11) is -4.89. The summed E-state index contributed by atoms with van der Waals surface area (Å²) < 4.78 is 29.3. The number of carbonyl (C=O) groups excluding carboxylic acids is 1. The van der Waals surface area contributed by atoms with Crippen LogP contribution in [0.15, 0.2) is 11.6 Å². The zero-order valence-electron chi connectivity index (χ0n) is 24.2. The molecule has 1 aromatic carbocycles. The van der Waals surface area contributed by atoms with E-state index in [1.54, 1.807) is 0 Å². The van der Waals surface area contributed by atoms with Crippen LogP contribution in [-0.2, 0) is 33.3 Å². The van der Waals surface area contributed by atoms with Crippen molar-refractivity contribution in [2.45, 2.75) is 98.7 Å². The number of esters is 1. The number of cyclic esters (lactones) is 1. The standard InChI is InChI=1S/C28H48NO6PSi/c1-9-20(4)35-36(31,32)16-14-29-18-22(10-2)12-13-24-23(11-3)21(5)25-19-34-28(30)26(25)27(24)33-15-17-37(6,7)8/h12,20,29H,9-11,13-19H2,1-8H3,(H,31,32). The van der Waals surface area contributed by atoms with Gasteiger partial charge in [-0.05, 0) is 56.7 Å². The lowest BCUT2D eigenvalue weighted by atomic mass is 9.89. The Hall–Kier alpha value is -1.44. The number of benzene rings is 1. The minimum absolute atomic E-state index is 0.0789. The molecule has 0 aliphatic carbocycles. The first-order valence-electron chi connectivity index (χ1n) is 13.7. The van der Waals surface area contributed by atoms with Gasteiger partial charge >= 0.3 is 13.6 Å². The van der Waals surface area contributed by atoms with E-state index in [0.29, 0.717) is 50.5 Å². The van der Waals surface area contributed by atoms with Crippen molar-refractivity contribution in [3.8, 4) is 5.75 Å². The molecule has 2 atom stereocenters. The molecule has 0 aromatic heterocycles. The maximum atomic E-state index is 12.7. The van der Waals surface area contributed by atoms with Crippen molar-refractivity contribution in [2.24, 2.45) is 0 Å². The summed E-state index contributed by atoms with van der Waals surface area (Å²) in [6.07, 6.45) is 5.11. The molecular formula is C28H48NO6PSi. The van der Waals surface area contributed by atoms with Crippen molar-refractivity contribution in [1.82, 2.24) is 5.32 Å². The van der Waals surface area contributed by atoms with E-state index < -0.39 is 15.7 Å². The highest BCUT2D eigenvalue weighted by Gasteiger charge is 2.32. The average molecular weight is 554 g/mol. The molecule has 37 heavy (non-hydrogen) atoms. The van der Waals surface area contributed by atoms with E-state index in [-0.39, 0.29) is 18.2 Å². The van der Waals surface area contributed by atoms with Crippen LogP contribution in [0.25, 0.3) is 0 Å². The van der Waals surface area contributed by atoms with Gasteiger partial charge in [-0.2, -0.15) is 0 Å². The van der Waals surface area contributed by atoms with Crippen LogP contribution in [-0.4, -0.2) is 50.9 Å². The number of hydrogen-bond donors (Lipinski definition) is 2. The highest BCUT2D eigenvalue weighted by atomic mass is 31.2. The predicted molar refractivity (Wildman–Crippen MR) is 154 cm³/mol. The number of nitrogens with one attached hydrogen (secondary N) is 1. The number of fused-ring (bicyclic) bond motifs is 1. The zero-order chi connectivity index (χ0) is 27.8. The summed E-state index contributed by atoms with van der Waals surface area (Å²) in [5.74, 6) is 0.403. The molecule has 0 radical (unpaired) electrons. The molecule has 0 amide bonds. The van der Waals surface area contributed by atoms with Gasteiger partial charge in [0.25, 0.3) is 0 Å². The Morgan fingerprint density at radius 3 is 2.54 bits per heavy atom. The minimum atomic E-state index is -3.60. The quantitative estimate of drug-likeness (QED) is 0.0803. The lowest BCUT2D eigenvalue weighted by molar-refractivity contribution is 0.0532. The van der Waals surface area contributed by atoms with E-state index in [1.165, 1.54) is 11.1 Å². The second kappa shape index (κ2) is 14.1. The van der Waals surface area contributed by atoms with Crippen LogP contribution >= 0.6 is 7.60 Å². The smallest absolute Gasteiger partial charge is 0.342 e. The minimum Gasteiger partial charge on any atom is -0.493 e. The van der Waals surface area contributed by atoms with Crippen molar-refractivity contribution in [3.63, 3.8) is 0 Å². The van der Waals surface area contributed by atoms with Crippen molar-refractivity contribution in [3.05, 3.63) is 39.5 Å². The largest absolute Gasteiger partial charge is 0.493 e. The molecule has 0 saturated heterocycles. The molecule has 2 rings (SSSR count). The van der Waals surface area contributed by atoms with Crippen molar-refractivity contribution in [2.75, 3.05) is 25.9 Å². The highest BCUT2D eigenvalue weighted by Crippen LogP contribution is 2.43. The van der Waals surface area contributed by atoms with Gasteiger partial charge in [0.15, 0.2) is 0 Å². The second-order valence-electron chi connectivity index (χ2n) is 11.1. The Morgan fingerprint density at radius 1 is 1.24 bits per heavy atom. The Bertz CT molecular complexity index is 1020. The summed E-state index contributed by atoms with van der Waals surface area (Å²) in [6, 6.07) is 1.01. The highest BCUT2D eigenvalue weighted by molar-refractivity contribution is 7.52. The number of rotatable bonds is 16. The summed E-state index contributed by atoms with van der Waals surface area (Å²) in [6.45, 7) is 18.9. The van der Waals surface area contributed by atoms with Gasteiger partial charge in [-0.3, -0.25) is 4.57 Å². The first-order valence-corrected chi connectivity index (χ1v) is 19.2. The van der Waals surface area contributed by atoms with E-state index >= 15 is 0 Å². The van der Waals surface area contributed by atoms with Crippen LogP contribution in [0.1, 0.15) is 73.1 Å². The lowest BCUT2D eigenvalue weighted by Gasteiger charge is -2.22. The van der Waals surface area contributed by atoms with Gasteiger partial charge in [-0.15, -0.1) is 0 Å². The SMILES string of the molecule is CCC(=CCc1c(CC)c(C)c2c(c1OCC[Si](C)(C)C)C(=O)OC2)CNCCP(=O)(O)OC(C)CC. The van der Waals surface area contributed by atoms with E-state index in [1.807, 2.05) is 13.8 Å². The summed E-state index contributed by atoms with van der Waals surface area (Å²) in [5, 5.41) is 3.29. The zero-order valence-corrected chi connectivity index (χ0v) is 26.1. The summed E-state index contributed by atoms with van der Waals surface area (Å²) in [4.78, 5) is 22.8. The van der Waals surface area contributed by atoms with Crippen LogP contribution in [0.5, 0.6) is 5.75 Å². The van der Waals surface area contributed by atoms with E-state index in [2.05, 4.69) is 51.8 Å². The van der Waals surface area contributed by atoms with Crippen molar-refractivity contribution >= 4 is 21.6 Å². The van der Waals surface area contributed by atoms with Crippen molar-refractivity contribution < 1.29 is 28.3 Å². The first kappa shape index (κ1) is 31.8. The van der Waals surface area contributed by atoms with E-state index in [9.17, 15) is 14.3 Å². The first-order chi connectivity index (χ1) is 17.3. The third-order valence-electron chi connectivity index (χ3n) is 6.97. The van der Waals surface area contributed by atoms with Crippen LogP contribution in [0.4, 0.5) is 0 Å². The molecule has 2 N–H and O–H groups in total. The fourth-order valence-corrected chi connectivity index (χ4v) is 6.38. The molecule has 7 nitrogen and oxygen atoms in total. The molecule has 0 saturated carbocycles. The number of carbonyl (C=O) groups is 1. The van der Waals surface area contributed by atoms with E-state index in [0.717, 1.165) is 35.6 Å². The van der Waals surface area contributed by atoms with Gasteiger partial charge in [0, 0.05) is 32.3 Å². The summed E-state index contributed by atoms with van der Waals surface area (Å²) >= 11 is 0. The third kappa shape index (κ3) is 9.36. The Kier molecular flexibility index (Phi) is 12.1. The molecule has 1 aromatic rings. The number of hydrogen-bond acceptors (Lipinski definition) is 6. The fraction of sp³-hybridized carbons (Fsp3) is 0.679. The van der Waals surface area contributed by atoms with Crippen LogP contribution in [0, 0.1) is 6.92 Å². The van der Waals surface area contributed by atoms with Crippen molar-refractivity contribution in [1.29, 1.82) is 0 Å². The molecule has 1 aliphatic heterocycles. The van der Waals surface area contributed by atoms with Gasteiger partial charge in [0.2, 0.25) is 0 Å². The topological polar surface area (TPSA) is 94.1 Å². The van der Waals surface area contributed by atoms with Crippen LogP contribution < -0.4 is 10.1 Å². The molecule has 1 aliphatic rings.